The van der Waals surface area contributed by atoms with E-state index in [2.05, 4.69) is 21.2 Å². The van der Waals surface area contributed by atoms with Crippen LogP contribution in [0.4, 0.5) is 4.39 Å². The lowest BCUT2D eigenvalue weighted by Crippen LogP contribution is -2.45. The van der Waals surface area contributed by atoms with Crippen molar-refractivity contribution in [2.45, 2.75) is 25.2 Å². The first kappa shape index (κ1) is 12.2. The van der Waals surface area contributed by atoms with Crippen LogP contribution in [0.5, 0.6) is 0 Å². The summed E-state index contributed by atoms with van der Waals surface area (Å²) in [6, 6.07) is 4.30. The van der Waals surface area contributed by atoms with Crippen LogP contribution in [0.1, 0.15) is 25.3 Å². The maximum absolute atomic E-state index is 13.0. The first-order valence-electron chi connectivity index (χ1n) is 5.19. The molecule has 2 amide bonds. The van der Waals surface area contributed by atoms with Crippen molar-refractivity contribution in [3.05, 3.63) is 34.1 Å². The molecule has 5 heteroatoms. The summed E-state index contributed by atoms with van der Waals surface area (Å²) in [6.45, 7) is 1.83. The molecule has 17 heavy (non-hydrogen) atoms. The number of hydrogen-bond acceptors (Lipinski definition) is 2. The van der Waals surface area contributed by atoms with Crippen molar-refractivity contribution < 1.29 is 14.0 Å². The van der Waals surface area contributed by atoms with E-state index in [0.29, 0.717) is 4.47 Å². The predicted molar refractivity (Wildman–Crippen MR) is 63.8 cm³/mol. The molecule has 0 aliphatic carbocycles. The molecule has 1 aliphatic heterocycles. The Kier molecular flexibility index (Phi) is 3.03. The molecule has 1 heterocycles. The molecule has 1 N–H and O–H groups in total. The summed E-state index contributed by atoms with van der Waals surface area (Å²) >= 11 is 3.27. The number of carbonyl (C=O) groups is 2. The van der Waals surface area contributed by atoms with Crippen molar-refractivity contribution in [3.8, 4) is 0 Å². The number of carbonyl (C=O) groups excluding carboxylic acids is 2. The largest absolute Gasteiger partial charge is 0.296 e. The van der Waals surface area contributed by atoms with Crippen LogP contribution >= 0.6 is 15.9 Å². The first-order chi connectivity index (χ1) is 7.90. The van der Waals surface area contributed by atoms with E-state index >= 15 is 0 Å². The van der Waals surface area contributed by atoms with Gasteiger partial charge in [-0.25, -0.2) is 4.39 Å². The maximum Gasteiger partial charge on any atom is 0.227 e. The zero-order valence-corrected chi connectivity index (χ0v) is 10.8. The molecule has 1 aromatic carbocycles. The number of benzene rings is 1. The van der Waals surface area contributed by atoms with Crippen molar-refractivity contribution >= 4 is 27.7 Å². The number of piperidine rings is 1. The Morgan fingerprint density at radius 3 is 2.41 bits per heavy atom. The quantitative estimate of drug-likeness (QED) is 0.809. The van der Waals surface area contributed by atoms with E-state index in [-0.39, 0.29) is 30.5 Å². The lowest BCUT2D eigenvalue weighted by Gasteiger charge is -2.33. The fourth-order valence-electron chi connectivity index (χ4n) is 2.18. The van der Waals surface area contributed by atoms with E-state index in [1.807, 2.05) is 6.92 Å². The Balaban J connectivity index is 2.43. The summed E-state index contributed by atoms with van der Waals surface area (Å²) in [5.41, 5.74) is 0.202. The normalized spacial score (nSPS) is 19.0. The Bertz CT molecular complexity index is 485. The van der Waals surface area contributed by atoms with Crippen LogP contribution < -0.4 is 5.32 Å². The van der Waals surface area contributed by atoms with Crippen LogP contribution in [0.25, 0.3) is 0 Å². The highest BCUT2D eigenvalue weighted by Gasteiger charge is 2.38. The SMILES string of the molecule is CC1(c2ccc(F)cc2Br)CC(=O)NC(=O)C1. The molecule has 0 bridgehead atoms. The summed E-state index contributed by atoms with van der Waals surface area (Å²) in [5, 5.41) is 2.27. The van der Waals surface area contributed by atoms with Crippen molar-refractivity contribution in [1.29, 1.82) is 0 Å². The molecule has 1 aliphatic rings. The van der Waals surface area contributed by atoms with Gasteiger partial charge in [0.05, 0.1) is 0 Å². The standard InChI is InChI=1S/C12H11BrFNO2/c1-12(5-10(16)15-11(17)6-12)8-3-2-7(14)4-9(8)13/h2-4H,5-6H2,1H3,(H,15,16,17). The van der Waals surface area contributed by atoms with Crippen LogP contribution in [0.15, 0.2) is 22.7 Å². The molecule has 2 rings (SSSR count). The summed E-state index contributed by atoms with van der Waals surface area (Å²) in [4.78, 5) is 22.8. The highest BCUT2D eigenvalue weighted by atomic mass is 79.9. The fraction of sp³-hybridized carbons (Fsp3) is 0.333. The van der Waals surface area contributed by atoms with Crippen molar-refractivity contribution in [1.82, 2.24) is 5.32 Å². The second-order valence-electron chi connectivity index (χ2n) is 4.51. The molecule has 0 radical (unpaired) electrons. The minimum atomic E-state index is -0.577. The van der Waals surface area contributed by atoms with E-state index < -0.39 is 5.41 Å². The molecular formula is C12H11BrFNO2. The van der Waals surface area contributed by atoms with Gasteiger partial charge in [0, 0.05) is 22.7 Å². The molecule has 90 valence electrons. The average molecular weight is 300 g/mol. The molecule has 1 fully saturated rings. The zero-order valence-electron chi connectivity index (χ0n) is 9.22. The molecule has 0 saturated carbocycles. The van der Waals surface area contributed by atoms with Gasteiger partial charge >= 0.3 is 0 Å². The highest BCUT2D eigenvalue weighted by molar-refractivity contribution is 9.10. The topological polar surface area (TPSA) is 46.2 Å². The number of nitrogens with one attached hydrogen (secondary N) is 1. The molecular weight excluding hydrogens is 289 g/mol. The highest BCUT2D eigenvalue weighted by Crippen LogP contribution is 2.38. The van der Waals surface area contributed by atoms with Gasteiger partial charge in [0.25, 0.3) is 0 Å². The van der Waals surface area contributed by atoms with Gasteiger partial charge in [-0.15, -0.1) is 0 Å². The summed E-state index contributed by atoms with van der Waals surface area (Å²) in [7, 11) is 0. The third-order valence-electron chi connectivity index (χ3n) is 2.96. The van der Waals surface area contributed by atoms with E-state index in [9.17, 15) is 14.0 Å². The van der Waals surface area contributed by atoms with E-state index in [1.165, 1.54) is 12.1 Å². The molecule has 3 nitrogen and oxygen atoms in total. The first-order valence-corrected chi connectivity index (χ1v) is 5.98. The van der Waals surface area contributed by atoms with Gasteiger partial charge < -0.3 is 0 Å². The fourth-order valence-corrected chi connectivity index (χ4v) is 3.01. The second kappa shape index (κ2) is 4.22. The Labute approximate surface area is 107 Å². The number of amides is 2. The van der Waals surface area contributed by atoms with Crippen LogP contribution in [0.3, 0.4) is 0 Å². The van der Waals surface area contributed by atoms with Gasteiger partial charge in [-0.1, -0.05) is 28.9 Å². The molecule has 0 spiro atoms. The van der Waals surface area contributed by atoms with Crippen molar-refractivity contribution in [3.63, 3.8) is 0 Å². The predicted octanol–water partition coefficient (Wildman–Crippen LogP) is 2.28. The summed E-state index contributed by atoms with van der Waals surface area (Å²) < 4.78 is 13.6. The second-order valence-corrected chi connectivity index (χ2v) is 5.36. The van der Waals surface area contributed by atoms with Crippen LogP contribution in [-0.2, 0) is 15.0 Å². The third-order valence-corrected chi connectivity index (χ3v) is 3.62. The molecule has 0 atom stereocenters. The van der Waals surface area contributed by atoms with Gasteiger partial charge in [-0.05, 0) is 17.7 Å². The van der Waals surface area contributed by atoms with E-state index in [0.717, 1.165) is 5.56 Å². The summed E-state index contributed by atoms with van der Waals surface area (Å²) in [6.07, 6.45) is 0.450. The van der Waals surface area contributed by atoms with E-state index in [1.54, 1.807) is 6.07 Å². The molecule has 1 saturated heterocycles. The van der Waals surface area contributed by atoms with Crippen LogP contribution in [0.2, 0.25) is 0 Å². The number of imide groups is 1. The molecule has 1 aromatic rings. The van der Waals surface area contributed by atoms with Crippen LogP contribution in [0, 0.1) is 5.82 Å². The zero-order chi connectivity index (χ0) is 12.6. The molecule has 0 aromatic heterocycles. The van der Waals surface area contributed by atoms with Crippen molar-refractivity contribution in [2.75, 3.05) is 0 Å². The number of halogens is 2. The average Bonchev–Trinajstić information content (AvgIpc) is 2.13. The Morgan fingerprint density at radius 1 is 1.29 bits per heavy atom. The van der Waals surface area contributed by atoms with Gasteiger partial charge in [0.1, 0.15) is 5.82 Å². The number of hydrogen-bond donors (Lipinski definition) is 1. The van der Waals surface area contributed by atoms with Crippen LogP contribution in [-0.4, -0.2) is 11.8 Å². The van der Waals surface area contributed by atoms with Gasteiger partial charge in [-0.3, -0.25) is 14.9 Å². The lowest BCUT2D eigenvalue weighted by atomic mass is 9.74. The van der Waals surface area contributed by atoms with Crippen molar-refractivity contribution in [2.24, 2.45) is 0 Å². The smallest absolute Gasteiger partial charge is 0.227 e. The monoisotopic (exact) mass is 299 g/mol. The van der Waals surface area contributed by atoms with E-state index in [4.69, 9.17) is 0 Å². The Morgan fingerprint density at radius 2 is 1.88 bits per heavy atom. The molecule has 0 unspecified atom stereocenters. The minimum absolute atomic E-state index is 0.225. The van der Waals surface area contributed by atoms with Gasteiger partial charge in [0.2, 0.25) is 11.8 Å². The number of rotatable bonds is 1. The van der Waals surface area contributed by atoms with Gasteiger partial charge in [-0.2, -0.15) is 0 Å². The Hall–Kier alpha value is -1.23. The maximum atomic E-state index is 13.0. The third kappa shape index (κ3) is 2.39. The summed E-state index contributed by atoms with van der Waals surface area (Å²) in [5.74, 6) is -0.934. The minimum Gasteiger partial charge on any atom is -0.296 e. The lowest BCUT2D eigenvalue weighted by molar-refractivity contribution is -0.135. The van der Waals surface area contributed by atoms with Gasteiger partial charge in [0.15, 0.2) is 0 Å².